The molecule has 0 spiro atoms. The van der Waals surface area contributed by atoms with E-state index in [1.165, 1.54) is 7.11 Å². The van der Waals surface area contributed by atoms with Crippen LogP contribution in [0.1, 0.15) is 0 Å². The maximum Gasteiger partial charge on any atom is 0.342 e. The Labute approximate surface area is 54.9 Å². The Morgan fingerprint density at radius 3 is 2.70 bits per heavy atom. The highest BCUT2D eigenvalue weighted by atomic mass is 16.5. The van der Waals surface area contributed by atoms with E-state index < -0.39 is 11.2 Å². The van der Waals surface area contributed by atoms with Gasteiger partial charge in [0.25, 0.3) is 5.88 Å². The number of methoxy groups -OCH3 is 1. The lowest BCUT2D eigenvalue weighted by molar-refractivity contribution is 0.382. The molecule has 1 heterocycles. The van der Waals surface area contributed by atoms with Gasteiger partial charge in [-0.05, 0) is 0 Å². The van der Waals surface area contributed by atoms with Crippen molar-refractivity contribution >= 4 is 0 Å². The summed E-state index contributed by atoms with van der Waals surface area (Å²) in [5, 5.41) is 5.30. The second-order valence-electron chi connectivity index (χ2n) is 1.52. The second kappa shape index (κ2) is 2.34. The average molecular weight is 143 g/mol. The molecule has 0 bridgehead atoms. The Hall–Kier alpha value is -1.59. The molecule has 10 heavy (non-hydrogen) atoms. The van der Waals surface area contributed by atoms with Crippen LogP contribution in [0.3, 0.4) is 0 Å². The minimum atomic E-state index is -0.647. The number of hydrogen-bond donors (Lipinski definition) is 2. The van der Waals surface area contributed by atoms with Gasteiger partial charge in [0.2, 0.25) is 0 Å². The second-order valence-corrected chi connectivity index (χ2v) is 1.52. The molecule has 0 fully saturated rings. The van der Waals surface area contributed by atoms with Gasteiger partial charge in [-0.2, -0.15) is 0 Å². The fourth-order valence-corrected chi connectivity index (χ4v) is 0.475. The first-order chi connectivity index (χ1) is 4.74. The van der Waals surface area contributed by atoms with E-state index in [-0.39, 0.29) is 5.88 Å². The molecular formula is C4H5N3O3. The SMILES string of the molecule is COc1n[nH]c(=O)[nH]c1=O. The molecular weight excluding hydrogens is 138 g/mol. The third-order valence-electron chi connectivity index (χ3n) is 0.874. The molecule has 0 unspecified atom stereocenters. The van der Waals surface area contributed by atoms with Crippen LogP contribution in [0.15, 0.2) is 9.59 Å². The summed E-state index contributed by atoms with van der Waals surface area (Å²) in [4.78, 5) is 22.9. The van der Waals surface area contributed by atoms with Crippen LogP contribution in [0, 0.1) is 0 Å². The number of nitrogens with one attached hydrogen (secondary N) is 2. The number of ether oxygens (including phenoxy) is 1. The molecule has 0 aliphatic heterocycles. The third-order valence-corrected chi connectivity index (χ3v) is 0.874. The van der Waals surface area contributed by atoms with Gasteiger partial charge in [0.1, 0.15) is 0 Å². The van der Waals surface area contributed by atoms with Crippen LogP contribution < -0.4 is 16.0 Å². The third kappa shape index (κ3) is 1.04. The molecule has 54 valence electrons. The molecule has 1 rings (SSSR count). The van der Waals surface area contributed by atoms with Crippen LogP contribution in [-0.4, -0.2) is 22.3 Å². The van der Waals surface area contributed by atoms with E-state index in [2.05, 4.69) is 9.84 Å². The zero-order valence-electron chi connectivity index (χ0n) is 5.17. The van der Waals surface area contributed by atoms with Crippen LogP contribution >= 0.6 is 0 Å². The Morgan fingerprint density at radius 1 is 1.50 bits per heavy atom. The quantitative estimate of drug-likeness (QED) is 0.499. The van der Waals surface area contributed by atoms with E-state index in [1.54, 1.807) is 0 Å². The van der Waals surface area contributed by atoms with Crippen molar-refractivity contribution in [1.29, 1.82) is 0 Å². The minimum absolute atomic E-state index is 0.153. The van der Waals surface area contributed by atoms with Gasteiger partial charge in [-0.25, -0.2) is 9.89 Å². The lowest BCUT2D eigenvalue weighted by Gasteiger charge is -1.91. The van der Waals surface area contributed by atoms with Crippen LogP contribution in [-0.2, 0) is 0 Å². The molecule has 6 nitrogen and oxygen atoms in total. The van der Waals surface area contributed by atoms with Gasteiger partial charge >= 0.3 is 11.2 Å². The average Bonchev–Trinajstić information content (AvgIpc) is 1.88. The molecule has 0 aliphatic rings. The molecule has 0 amide bonds. The molecule has 6 heteroatoms. The van der Waals surface area contributed by atoms with E-state index in [0.717, 1.165) is 0 Å². The molecule has 0 saturated heterocycles. The van der Waals surface area contributed by atoms with Crippen LogP contribution in [0.2, 0.25) is 0 Å². The predicted octanol–water partition coefficient (Wildman–Crippen LogP) is -1.53. The highest BCUT2D eigenvalue weighted by Crippen LogP contribution is 1.84. The van der Waals surface area contributed by atoms with Crippen molar-refractivity contribution in [3.8, 4) is 5.88 Å². The predicted molar refractivity (Wildman–Crippen MR) is 32.0 cm³/mol. The van der Waals surface area contributed by atoms with Crippen molar-refractivity contribution in [2.75, 3.05) is 7.11 Å². The van der Waals surface area contributed by atoms with Gasteiger partial charge in [0.15, 0.2) is 0 Å². The molecule has 0 aliphatic carbocycles. The first kappa shape index (κ1) is 6.53. The summed E-state index contributed by atoms with van der Waals surface area (Å²) in [7, 11) is 1.29. The fourth-order valence-electron chi connectivity index (χ4n) is 0.475. The summed E-state index contributed by atoms with van der Waals surface area (Å²) in [5.41, 5.74) is -1.28. The van der Waals surface area contributed by atoms with E-state index in [4.69, 9.17) is 0 Å². The maximum atomic E-state index is 10.6. The lowest BCUT2D eigenvalue weighted by atomic mass is 10.8. The first-order valence-electron chi connectivity index (χ1n) is 2.47. The monoisotopic (exact) mass is 143 g/mol. The first-order valence-corrected chi connectivity index (χ1v) is 2.47. The number of nitrogens with zero attached hydrogens (tertiary/aromatic N) is 1. The Morgan fingerprint density at radius 2 is 2.20 bits per heavy atom. The smallest absolute Gasteiger partial charge is 0.342 e. The van der Waals surface area contributed by atoms with E-state index in [9.17, 15) is 9.59 Å². The summed E-state index contributed by atoms with van der Waals surface area (Å²) < 4.78 is 4.47. The van der Waals surface area contributed by atoms with Crippen LogP contribution in [0.4, 0.5) is 0 Å². The molecule has 2 N–H and O–H groups in total. The zero-order chi connectivity index (χ0) is 7.56. The summed E-state index contributed by atoms with van der Waals surface area (Å²) in [6, 6.07) is 0. The van der Waals surface area contributed by atoms with E-state index in [1.807, 2.05) is 10.1 Å². The normalized spacial score (nSPS) is 9.30. The number of aromatic nitrogens is 3. The van der Waals surface area contributed by atoms with Crippen molar-refractivity contribution in [3.05, 3.63) is 20.8 Å². The topological polar surface area (TPSA) is 87.8 Å². The van der Waals surface area contributed by atoms with Crippen molar-refractivity contribution in [1.82, 2.24) is 15.2 Å². The van der Waals surface area contributed by atoms with Crippen molar-refractivity contribution < 1.29 is 4.74 Å². The number of aromatic amines is 2. The Bertz CT molecular complexity index is 325. The lowest BCUT2D eigenvalue weighted by Crippen LogP contribution is -2.24. The highest BCUT2D eigenvalue weighted by Gasteiger charge is 1.97. The van der Waals surface area contributed by atoms with Gasteiger partial charge in [0.05, 0.1) is 7.11 Å². The van der Waals surface area contributed by atoms with Gasteiger partial charge < -0.3 is 4.74 Å². The zero-order valence-corrected chi connectivity index (χ0v) is 5.17. The molecule has 0 atom stereocenters. The highest BCUT2D eigenvalue weighted by molar-refractivity contribution is 4.97. The Balaban J connectivity index is 3.34. The van der Waals surface area contributed by atoms with Crippen LogP contribution in [0.25, 0.3) is 0 Å². The summed E-state index contributed by atoms with van der Waals surface area (Å²) >= 11 is 0. The molecule has 0 saturated carbocycles. The molecule has 0 radical (unpaired) electrons. The van der Waals surface area contributed by atoms with Gasteiger partial charge in [-0.1, -0.05) is 0 Å². The molecule has 0 aromatic carbocycles. The number of hydrogen-bond acceptors (Lipinski definition) is 4. The standard InChI is InChI=1S/C4H5N3O3/c1-10-3-2(8)5-4(9)7-6-3/h1H3,(H2,5,7,8,9). The van der Waals surface area contributed by atoms with Crippen molar-refractivity contribution in [3.63, 3.8) is 0 Å². The summed E-state index contributed by atoms with van der Waals surface area (Å²) in [6.07, 6.45) is 0. The van der Waals surface area contributed by atoms with Gasteiger partial charge in [-0.3, -0.25) is 9.78 Å². The van der Waals surface area contributed by atoms with Gasteiger partial charge in [-0.15, -0.1) is 5.10 Å². The summed E-state index contributed by atoms with van der Waals surface area (Å²) in [6.45, 7) is 0. The van der Waals surface area contributed by atoms with E-state index >= 15 is 0 Å². The van der Waals surface area contributed by atoms with Crippen LogP contribution in [0.5, 0.6) is 5.88 Å². The number of rotatable bonds is 1. The minimum Gasteiger partial charge on any atom is -0.476 e. The van der Waals surface area contributed by atoms with Gasteiger partial charge in [0, 0.05) is 0 Å². The molecule has 1 aromatic rings. The van der Waals surface area contributed by atoms with Crippen molar-refractivity contribution in [2.24, 2.45) is 0 Å². The van der Waals surface area contributed by atoms with E-state index in [0.29, 0.717) is 0 Å². The largest absolute Gasteiger partial charge is 0.476 e. The van der Waals surface area contributed by atoms with Crippen molar-refractivity contribution in [2.45, 2.75) is 0 Å². The number of H-pyrrole nitrogens is 2. The fraction of sp³-hybridized carbons (Fsp3) is 0.250. The Kier molecular flexibility index (Phi) is 1.53. The maximum absolute atomic E-state index is 10.6. The summed E-state index contributed by atoms with van der Waals surface area (Å²) in [5.74, 6) is -0.153. The molecule has 1 aromatic heterocycles.